The number of hydrogen-bond acceptors (Lipinski definition) is 4. The van der Waals surface area contributed by atoms with E-state index in [1.165, 1.54) is 5.48 Å². The Morgan fingerprint density at radius 3 is 2.50 bits per heavy atom. The van der Waals surface area contributed by atoms with E-state index in [9.17, 15) is 9.59 Å². The fourth-order valence-corrected chi connectivity index (χ4v) is 1.25. The zero-order valence-corrected chi connectivity index (χ0v) is 7.86. The Labute approximate surface area is 81.8 Å². The Hall–Kier alpha value is -1.14. The summed E-state index contributed by atoms with van der Waals surface area (Å²) in [6, 6.07) is 0. The van der Waals surface area contributed by atoms with Crippen LogP contribution in [0.25, 0.3) is 0 Å². The van der Waals surface area contributed by atoms with Gasteiger partial charge in [-0.15, -0.1) is 0 Å². The summed E-state index contributed by atoms with van der Waals surface area (Å²) in [7, 11) is 0. The maximum atomic E-state index is 11.4. The second kappa shape index (κ2) is 5.56. The number of nitrogens with one attached hydrogen (secondary N) is 1. The van der Waals surface area contributed by atoms with Gasteiger partial charge in [0.05, 0.1) is 13.2 Å². The topological polar surface area (TPSA) is 78.9 Å². The van der Waals surface area contributed by atoms with E-state index in [0.717, 1.165) is 0 Å². The maximum Gasteiger partial charge on any atom is 0.243 e. The van der Waals surface area contributed by atoms with E-state index in [4.69, 9.17) is 9.94 Å². The van der Waals surface area contributed by atoms with Gasteiger partial charge in [-0.2, -0.15) is 0 Å². The van der Waals surface area contributed by atoms with Gasteiger partial charge < -0.3 is 9.64 Å². The normalized spacial score (nSPS) is 16.5. The molecule has 0 aromatic heterocycles. The van der Waals surface area contributed by atoms with E-state index in [1.54, 1.807) is 4.90 Å². The van der Waals surface area contributed by atoms with Gasteiger partial charge in [-0.05, 0) is 0 Å². The summed E-state index contributed by atoms with van der Waals surface area (Å²) in [5.41, 5.74) is 1.49. The van der Waals surface area contributed by atoms with Gasteiger partial charge in [0.2, 0.25) is 11.8 Å². The third kappa shape index (κ3) is 3.31. The van der Waals surface area contributed by atoms with Crippen molar-refractivity contribution in [2.45, 2.75) is 12.8 Å². The summed E-state index contributed by atoms with van der Waals surface area (Å²) >= 11 is 0. The second-order valence-electron chi connectivity index (χ2n) is 3.03. The van der Waals surface area contributed by atoms with Crippen LogP contribution in [0.4, 0.5) is 0 Å². The number of hydrogen-bond donors (Lipinski definition) is 2. The van der Waals surface area contributed by atoms with E-state index in [0.29, 0.717) is 26.3 Å². The maximum absolute atomic E-state index is 11.4. The number of nitrogens with zero attached hydrogens (tertiary/aromatic N) is 1. The van der Waals surface area contributed by atoms with E-state index in [2.05, 4.69) is 0 Å². The predicted molar refractivity (Wildman–Crippen MR) is 46.6 cm³/mol. The predicted octanol–water partition coefficient (Wildman–Crippen LogP) is -0.869. The number of carbonyl (C=O) groups is 2. The van der Waals surface area contributed by atoms with Crippen LogP contribution >= 0.6 is 0 Å². The minimum Gasteiger partial charge on any atom is -0.378 e. The van der Waals surface area contributed by atoms with Gasteiger partial charge in [0.15, 0.2) is 0 Å². The lowest BCUT2D eigenvalue weighted by Gasteiger charge is -2.26. The molecule has 0 radical (unpaired) electrons. The van der Waals surface area contributed by atoms with Crippen LogP contribution in [0.2, 0.25) is 0 Å². The molecule has 2 amide bonds. The van der Waals surface area contributed by atoms with Crippen LogP contribution in [-0.4, -0.2) is 48.2 Å². The molecule has 0 spiro atoms. The molecule has 1 rings (SSSR count). The SMILES string of the molecule is O=C(CCC(=O)N1CCOCC1)NO. The van der Waals surface area contributed by atoms with Crippen LogP contribution in [0.5, 0.6) is 0 Å². The molecular weight excluding hydrogens is 188 g/mol. The summed E-state index contributed by atoms with van der Waals surface area (Å²) in [6.07, 6.45) is 0.152. The highest BCUT2D eigenvalue weighted by molar-refractivity contribution is 5.83. The molecule has 0 unspecified atom stereocenters. The van der Waals surface area contributed by atoms with E-state index >= 15 is 0 Å². The zero-order chi connectivity index (χ0) is 10.4. The van der Waals surface area contributed by atoms with Crippen LogP contribution < -0.4 is 5.48 Å². The van der Waals surface area contributed by atoms with Crippen molar-refractivity contribution in [1.82, 2.24) is 10.4 Å². The first-order valence-electron chi connectivity index (χ1n) is 4.52. The molecule has 1 aliphatic heterocycles. The van der Waals surface area contributed by atoms with Gasteiger partial charge in [-0.25, -0.2) is 5.48 Å². The molecule has 1 aliphatic rings. The van der Waals surface area contributed by atoms with Crippen LogP contribution in [0, 0.1) is 0 Å². The van der Waals surface area contributed by atoms with Gasteiger partial charge in [0, 0.05) is 25.9 Å². The molecule has 6 nitrogen and oxygen atoms in total. The van der Waals surface area contributed by atoms with Crippen LogP contribution in [-0.2, 0) is 14.3 Å². The number of hydroxylamine groups is 1. The summed E-state index contributed by atoms with van der Waals surface area (Å²) in [5.74, 6) is -0.608. The molecule has 2 N–H and O–H groups in total. The monoisotopic (exact) mass is 202 g/mol. The van der Waals surface area contributed by atoms with Gasteiger partial charge in [-0.3, -0.25) is 14.8 Å². The number of ether oxygens (including phenoxy) is 1. The number of rotatable bonds is 3. The van der Waals surface area contributed by atoms with Crippen LogP contribution in [0.1, 0.15) is 12.8 Å². The summed E-state index contributed by atoms with van der Waals surface area (Å²) in [5, 5.41) is 8.21. The van der Waals surface area contributed by atoms with Crippen molar-refractivity contribution in [3.8, 4) is 0 Å². The lowest BCUT2D eigenvalue weighted by Crippen LogP contribution is -2.41. The van der Waals surface area contributed by atoms with E-state index < -0.39 is 5.91 Å². The van der Waals surface area contributed by atoms with E-state index in [1.807, 2.05) is 0 Å². The van der Waals surface area contributed by atoms with E-state index in [-0.39, 0.29) is 18.7 Å². The molecule has 1 fully saturated rings. The Bertz CT molecular complexity index is 213. The molecule has 14 heavy (non-hydrogen) atoms. The third-order valence-corrected chi connectivity index (χ3v) is 2.05. The number of carbonyl (C=O) groups excluding carboxylic acids is 2. The van der Waals surface area contributed by atoms with Crippen molar-refractivity contribution in [3.63, 3.8) is 0 Å². The van der Waals surface area contributed by atoms with Crippen molar-refractivity contribution in [2.24, 2.45) is 0 Å². The minimum absolute atomic E-state index is 0.0205. The van der Waals surface area contributed by atoms with Crippen molar-refractivity contribution in [1.29, 1.82) is 0 Å². The smallest absolute Gasteiger partial charge is 0.243 e. The average Bonchev–Trinajstić information content (AvgIpc) is 2.26. The Morgan fingerprint density at radius 2 is 1.93 bits per heavy atom. The van der Waals surface area contributed by atoms with Crippen LogP contribution in [0.3, 0.4) is 0 Å². The highest BCUT2D eigenvalue weighted by Gasteiger charge is 2.17. The summed E-state index contributed by atoms with van der Waals surface area (Å²) < 4.78 is 5.08. The summed E-state index contributed by atoms with van der Waals surface area (Å²) in [6.45, 7) is 2.27. The minimum atomic E-state index is -0.536. The number of morpholine rings is 1. The molecule has 0 saturated carbocycles. The van der Waals surface area contributed by atoms with Crippen molar-refractivity contribution >= 4 is 11.8 Å². The first-order chi connectivity index (χ1) is 6.74. The molecule has 0 bridgehead atoms. The largest absolute Gasteiger partial charge is 0.378 e. The molecule has 80 valence electrons. The highest BCUT2D eigenvalue weighted by atomic mass is 16.5. The standard InChI is InChI=1S/C8H14N2O4/c11-7(9-13)1-2-8(12)10-3-5-14-6-4-10/h13H,1-6H2,(H,9,11). The highest BCUT2D eigenvalue weighted by Crippen LogP contribution is 2.01. The zero-order valence-electron chi connectivity index (χ0n) is 7.86. The Morgan fingerprint density at radius 1 is 1.29 bits per heavy atom. The fraction of sp³-hybridized carbons (Fsp3) is 0.750. The molecule has 0 aromatic rings. The molecule has 0 atom stereocenters. The molecular formula is C8H14N2O4. The van der Waals surface area contributed by atoms with Gasteiger partial charge in [0.1, 0.15) is 0 Å². The Balaban J connectivity index is 2.23. The summed E-state index contributed by atoms with van der Waals surface area (Å²) in [4.78, 5) is 23.7. The molecule has 6 heteroatoms. The average molecular weight is 202 g/mol. The van der Waals surface area contributed by atoms with Crippen LogP contribution in [0.15, 0.2) is 0 Å². The van der Waals surface area contributed by atoms with Gasteiger partial charge in [-0.1, -0.05) is 0 Å². The lowest BCUT2D eigenvalue weighted by molar-refractivity contribution is -0.138. The second-order valence-corrected chi connectivity index (χ2v) is 3.03. The Kier molecular flexibility index (Phi) is 4.34. The quantitative estimate of drug-likeness (QED) is 0.460. The first kappa shape index (κ1) is 10.9. The molecule has 0 aromatic carbocycles. The van der Waals surface area contributed by atoms with Crippen molar-refractivity contribution in [2.75, 3.05) is 26.3 Å². The fourth-order valence-electron chi connectivity index (χ4n) is 1.25. The van der Waals surface area contributed by atoms with Gasteiger partial charge in [0.25, 0.3) is 0 Å². The van der Waals surface area contributed by atoms with Gasteiger partial charge >= 0.3 is 0 Å². The third-order valence-electron chi connectivity index (χ3n) is 2.05. The number of amides is 2. The molecule has 1 saturated heterocycles. The first-order valence-corrected chi connectivity index (χ1v) is 4.52. The van der Waals surface area contributed by atoms with Crippen molar-refractivity contribution in [3.05, 3.63) is 0 Å². The lowest BCUT2D eigenvalue weighted by atomic mass is 10.2. The molecule has 1 heterocycles. The molecule has 0 aliphatic carbocycles. The van der Waals surface area contributed by atoms with Crippen molar-refractivity contribution < 1.29 is 19.5 Å².